The number of aromatic hydroxyl groups is 1. The molecule has 2 rings (SSSR count). The van der Waals surface area contributed by atoms with Crippen molar-refractivity contribution in [2.24, 2.45) is 0 Å². The van der Waals surface area contributed by atoms with Crippen molar-refractivity contribution in [3.05, 3.63) is 45.8 Å². The molecule has 0 fully saturated rings. The molecule has 0 aliphatic heterocycles. The van der Waals surface area contributed by atoms with E-state index in [1.807, 2.05) is 0 Å². The van der Waals surface area contributed by atoms with Crippen LogP contribution >= 0.6 is 11.6 Å². The molecule has 1 heterocycles. The molecule has 1 aromatic heterocycles. The van der Waals surface area contributed by atoms with Crippen molar-refractivity contribution in [2.75, 3.05) is 6.61 Å². The zero-order chi connectivity index (χ0) is 13.3. The van der Waals surface area contributed by atoms with Crippen LogP contribution < -0.4 is 10.4 Å². The van der Waals surface area contributed by atoms with E-state index in [2.05, 4.69) is 6.58 Å². The fourth-order valence-corrected chi connectivity index (χ4v) is 1.71. The van der Waals surface area contributed by atoms with Gasteiger partial charge in [0, 0.05) is 16.0 Å². The van der Waals surface area contributed by atoms with Gasteiger partial charge in [0.15, 0.2) is 11.3 Å². The largest absolute Gasteiger partial charge is 0.504 e. The first-order valence-corrected chi connectivity index (χ1v) is 5.60. The lowest BCUT2D eigenvalue weighted by molar-refractivity contribution is 0.335. The molecule has 94 valence electrons. The maximum Gasteiger partial charge on any atom is 0.379 e. The highest BCUT2D eigenvalue weighted by Gasteiger charge is 2.14. The van der Waals surface area contributed by atoms with E-state index >= 15 is 0 Å². The van der Waals surface area contributed by atoms with Crippen molar-refractivity contribution in [2.45, 2.75) is 6.92 Å². The van der Waals surface area contributed by atoms with E-state index < -0.39 is 5.63 Å². The Hall–Kier alpha value is -1.94. The van der Waals surface area contributed by atoms with Gasteiger partial charge in [-0.25, -0.2) is 4.79 Å². The second kappa shape index (κ2) is 4.74. The summed E-state index contributed by atoms with van der Waals surface area (Å²) in [5.41, 5.74) is 0.0894. The topological polar surface area (TPSA) is 59.7 Å². The highest BCUT2D eigenvalue weighted by atomic mass is 35.5. The zero-order valence-electron chi connectivity index (χ0n) is 9.70. The Labute approximate surface area is 108 Å². The number of benzene rings is 1. The van der Waals surface area contributed by atoms with Crippen LogP contribution in [0.1, 0.15) is 5.56 Å². The predicted molar refractivity (Wildman–Crippen MR) is 69.4 cm³/mol. The quantitative estimate of drug-likeness (QED) is 0.868. The molecule has 18 heavy (non-hydrogen) atoms. The van der Waals surface area contributed by atoms with E-state index in [1.165, 1.54) is 6.07 Å². The van der Waals surface area contributed by atoms with Gasteiger partial charge in [0.2, 0.25) is 5.75 Å². The van der Waals surface area contributed by atoms with Gasteiger partial charge in [-0.1, -0.05) is 30.3 Å². The van der Waals surface area contributed by atoms with Crippen molar-refractivity contribution < 1.29 is 14.3 Å². The third-order valence-electron chi connectivity index (χ3n) is 2.49. The summed E-state index contributed by atoms with van der Waals surface area (Å²) in [5.74, 6) is -0.00379. The molecule has 0 saturated carbocycles. The number of phenolic OH excluding ortho intramolecular Hbond substituents is 1. The Kier molecular flexibility index (Phi) is 3.30. The zero-order valence-corrected chi connectivity index (χ0v) is 10.5. The third-order valence-corrected chi connectivity index (χ3v) is 2.60. The molecule has 0 atom stereocenters. The summed E-state index contributed by atoms with van der Waals surface area (Å²) < 4.78 is 10.3. The number of para-hydroxylation sites is 1. The Balaban J connectivity index is 2.62. The van der Waals surface area contributed by atoms with Gasteiger partial charge in [0.1, 0.15) is 6.61 Å². The first-order valence-electron chi connectivity index (χ1n) is 5.22. The summed E-state index contributed by atoms with van der Waals surface area (Å²) in [5, 5.41) is 10.5. The van der Waals surface area contributed by atoms with E-state index in [1.54, 1.807) is 19.1 Å². The molecule has 4 nitrogen and oxygen atoms in total. The van der Waals surface area contributed by atoms with E-state index in [-0.39, 0.29) is 28.7 Å². The Morgan fingerprint density at radius 2 is 2.28 bits per heavy atom. The normalized spacial score (nSPS) is 10.6. The minimum atomic E-state index is -0.653. The lowest BCUT2D eigenvalue weighted by atomic mass is 10.1. The predicted octanol–water partition coefficient (Wildman–Crippen LogP) is 2.94. The molecule has 0 saturated heterocycles. The molecular weight excluding hydrogens is 256 g/mol. The number of ether oxygens (including phenoxy) is 1. The fourth-order valence-electron chi connectivity index (χ4n) is 1.66. The second-order valence-corrected chi connectivity index (χ2v) is 4.34. The molecular formula is C13H11ClO4. The number of fused-ring (bicyclic) bond motifs is 1. The van der Waals surface area contributed by atoms with Crippen LogP contribution in [0.25, 0.3) is 11.0 Å². The number of hydrogen-bond donors (Lipinski definition) is 1. The maximum atomic E-state index is 11.7. The van der Waals surface area contributed by atoms with E-state index in [0.717, 1.165) is 0 Å². The van der Waals surface area contributed by atoms with Crippen LogP contribution in [-0.4, -0.2) is 11.7 Å². The standard InChI is InChI=1S/C13H11ClO4/c1-7(14)6-17-11-8(2)9-4-3-5-10(15)12(9)18-13(11)16/h3-5,15H,1,6H2,2H3. The SMILES string of the molecule is C=C(Cl)COc1c(C)c2cccc(O)c2oc1=O. The minimum Gasteiger partial charge on any atom is -0.504 e. The smallest absolute Gasteiger partial charge is 0.379 e. The molecule has 5 heteroatoms. The van der Waals surface area contributed by atoms with E-state index in [9.17, 15) is 9.90 Å². The van der Waals surface area contributed by atoms with Crippen LogP contribution in [0.4, 0.5) is 0 Å². The number of phenols is 1. The van der Waals surface area contributed by atoms with E-state index in [0.29, 0.717) is 10.9 Å². The van der Waals surface area contributed by atoms with Gasteiger partial charge < -0.3 is 14.3 Å². The fraction of sp³-hybridized carbons (Fsp3) is 0.154. The summed E-state index contributed by atoms with van der Waals surface area (Å²) in [6, 6.07) is 4.84. The molecule has 0 spiro atoms. The monoisotopic (exact) mass is 266 g/mol. The average molecular weight is 267 g/mol. The average Bonchev–Trinajstić information content (AvgIpc) is 2.30. The molecule has 2 aromatic rings. The van der Waals surface area contributed by atoms with E-state index in [4.69, 9.17) is 20.8 Å². The highest BCUT2D eigenvalue weighted by Crippen LogP contribution is 2.29. The molecule has 0 amide bonds. The van der Waals surface area contributed by atoms with Crippen molar-refractivity contribution in [3.63, 3.8) is 0 Å². The van der Waals surface area contributed by atoms with Gasteiger partial charge in [0.25, 0.3) is 0 Å². The number of rotatable bonds is 3. The lowest BCUT2D eigenvalue weighted by Crippen LogP contribution is -2.10. The summed E-state index contributed by atoms with van der Waals surface area (Å²) in [6.45, 7) is 5.21. The van der Waals surface area contributed by atoms with Crippen LogP contribution in [-0.2, 0) is 0 Å². The van der Waals surface area contributed by atoms with Crippen molar-refractivity contribution in [1.29, 1.82) is 0 Å². The molecule has 0 aliphatic carbocycles. The van der Waals surface area contributed by atoms with Gasteiger partial charge in [-0.2, -0.15) is 0 Å². The van der Waals surface area contributed by atoms with Gasteiger partial charge >= 0.3 is 5.63 Å². The molecule has 0 bridgehead atoms. The first-order chi connectivity index (χ1) is 8.50. The summed E-state index contributed by atoms with van der Waals surface area (Å²) in [6.07, 6.45) is 0. The van der Waals surface area contributed by atoms with Crippen molar-refractivity contribution >= 4 is 22.6 Å². The summed E-state index contributed by atoms with van der Waals surface area (Å²) in [7, 11) is 0. The summed E-state index contributed by atoms with van der Waals surface area (Å²) in [4.78, 5) is 11.7. The second-order valence-electron chi connectivity index (χ2n) is 3.80. The summed E-state index contributed by atoms with van der Waals surface area (Å²) >= 11 is 5.58. The first kappa shape index (κ1) is 12.5. The number of hydrogen-bond acceptors (Lipinski definition) is 4. The minimum absolute atomic E-state index is 0.0253. The molecule has 1 N–H and O–H groups in total. The number of aryl methyl sites for hydroxylation is 1. The Bertz CT molecular complexity index is 672. The van der Waals surface area contributed by atoms with Crippen molar-refractivity contribution in [3.8, 4) is 11.5 Å². The molecule has 0 radical (unpaired) electrons. The van der Waals surface area contributed by atoms with Crippen LogP contribution in [0, 0.1) is 6.92 Å². The molecule has 0 unspecified atom stereocenters. The van der Waals surface area contributed by atoms with Crippen LogP contribution in [0.15, 0.2) is 39.0 Å². The van der Waals surface area contributed by atoms with Crippen LogP contribution in [0.5, 0.6) is 11.5 Å². The van der Waals surface area contributed by atoms with Gasteiger partial charge in [-0.3, -0.25) is 0 Å². The van der Waals surface area contributed by atoms with Crippen molar-refractivity contribution in [1.82, 2.24) is 0 Å². The number of halogens is 1. The maximum absolute atomic E-state index is 11.7. The molecule has 0 aliphatic rings. The third kappa shape index (κ3) is 2.19. The Morgan fingerprint density at radius 3 is 2.94 bits per heavy atom. The van der Waals surface area contributed by atoms with Crippen LogP contribution in [0.2, 0.25) is 0 Å². The molecule has 1 aromatic carbocycles. The van der Waals surface area contributed by atoms with Gasteiger partial charge in [0.05, 0.1) is 0 Å². The Morgan fingerprint density at radius 1 is 1.56 bits per heavy atom. The highest BCUT2D eigenvalue weighted by molar-refractivity contribution is 6.29. The van der Waals surface area contributed by atoms with Gasteiger partial charge in [-0.05, 0) is 13.0 Å². The van der Waals surface area contributed by atoms with Gasteiger partial charge in [-0.15, -0.1) is 0 Å². The van der Waals surface area contributed by atoms with Crippen LogP contribution in [0.3, 0.4) is 0 Å². The lowest BCUT2D eigenvalue weighted by Gasteiger charge is -2.09.